The molecule has 0 bridgehead atoms. The zero-order valence-corrected chi connectivity index (χ0v) is 10.2. The number of imidazole rings is 1. The summed E-state index contributed by atoms with van der Waals surface area (Å²) in [7, 11) is 1.85. The van der Waals surface area contributed by atoms with Crippen molar-refractivity contribution in [1.29, 1.82) is 0 Å². The van der Waals surface area contributed by atoms with E-state index in [0.717, 1.165) is 23.8 Å². The summed E-state index contributed by atoms with van der Waals surface area (Å²) in [6.45, 7) is 2.68. The van der Waals surface area contributed by atoms with E-state index in [-0.39, 0.29) is 0 Å². The van der Waals surface area contributed by atoms with Gasteiger partial charge in [0.05, 0.1) is 12.8 Å². The Balaban J connectivity index is 2.03. The molecule has 0 aliphatic heterocycles. The molecule has 2 rings (SSSR count). The van der Waals surface area contributed by atoms with E-state index in [2.05, 4.69) is 27.4 Å². The lowest BCUT2D eigenvalue weighted by molar-refractivity contribution is 0.340. The summed E-state index contributed by atoms with van der Waals surface area (Å²) in [4.78, 5) is 7.38. The molecule has 1 aromatic heterocycles. The number of nitrogens with zero attached hydrogens (tertiary/aromatic N) is 1. The molecule has 0 amide bonds. The molecule has 1 heterocycles. The first-order valence-corrected chi connectivity index (χ1v) is 5.75. The zero-order valence-electron chi connectivity index (χ0n) is 10.2. The van der Waals surface area contributed by atoms with Crippen LogP contribution in [-0.2, 0) is 6.42 Å². The number of aromatic nitrogens is 2. The highest BCUT2D eigenvalue weighted by Crippen LogP contribution is 2.15. The first kappa shape index (κ1) is 11.5. The highest BCUT2D eigenvalue weighted by molar-refractivity contribution is 5.31. The van der Waals surface area contributed by atoms with E-state index in [9.17, 15) is 0 Å². The van der Waals surface area contributed by atoms with Crippen molar-refractivity contribution >= 4 is 5.95 Å². The van der Waals surface area contributed by atoms with Gasteiger partial charge in [-0.25, -0.2) is 4.98 Å². The van der Waals surface area contributed by atoms with Gasteiger partial charge in [-0.2, -0.15) is 0 Å². The van der Waals surface area contributed by atoms with Gasteiger partial charge < -0.3 is 15.0 Å². The van der Waals surface area contributed by atoms with Crippen LogP contribution in [0.2, 0.25) is 0 Å². The molecule has 0 fully saturated rings. The Labute approximate surface area is 101 Å². The number of H-pyrrole nitrogens is 1. The first-order chi connectivity index (χ1) is 8.31. The smallest absolute Gasteiger partial charge is 0.200 e. The highest BCUT2D eigenvalue weighted by atomic mass is 16.5. The molecule has 4 heteroatoms. The van der Waals surface area contributed by atoms with Gasteiger partial charge in [0.15, 0.2) is 5.95 Å². The average molecular weight is 231 g/mol. The summed E-state index contributed by atoms with van der Waals surface area (Å²) in [5.41, 5.74) is 2.33. The number of benzene rings is 1. The molecule has 0 spiro atoms. The van der Waals surface area contributed by atoms with Gasteiger partial charge in [0.2, 0.25) is 0 Å². The Kier molecular flexibility index (Phi) is 3.65. The molecule has 1 aromatic carbocycles. The summed E-state index contributed by atoms with van der Waals surface area (Å²) in [6, 6.07) is 8.14. The monoisotopic (exact) mass is 231 g/mol. The van der Waals surface area contributed by atoms with Gasteiger partial charge >= 0.3 is 0 Å². The lowest BCUT2D eigenvalue weighted by atomic mass is 10.1. The number of hydrogen-bond donors (Lipinski definition) is 2. The van der Waals surface area contributed by atoms with Gasteiger partial charge in [0, 0.05) is 19.2 Å². The van der Waals surface area contributed by atoms with Crippen molar-refractivity contribution in [2.24, 2.45) is 0 Å². The van der Waals surface area contributed by atoms with Crippen LogP contribution in [0.4, 0.5) is 5.95 Å². The van der Waals surface area contributed by atoms with Gasteiger partial charge in [-0.05, 0) is 24.6 Å². The Bertz CT molecular complexity index is 462. The molecule has 0 radical (unpaired) electrons. The molecule has 17 heavy (non-hydrogen) atoms. The molecule has 0 saturated heterocycles. The molecule has 2 aromatic rings. The summed E-state index contributed by atoms with van der Waals surface area (Å²) in [5, 5.41) is 2.97. The van der Waals surface area contributed by atoms with Crippen LogP contribution in [0, 0.1) is 0 Å². The van der Waals surface area contributed by atoms with Crippen molar-refractivity contribution in [2.75, 3.05) is 19.0 Å². The van der Waals surface area contributed by atoms with Gasteiger partial charge in [-0.3, -0.25) is 0 Å². The van der Waals surface area contributed by atoms with Crippen LogP contribution in [0.15, 0.2) is 30.5 Å². The van der Waals surface area contributed by atoms with E-state index in [1.165, 1.54) is 5.56 Å². The first-order valence-electron chi connectivity index (χ1n) is 5.75. The summed E-state index contributed by atoms with van der Waals surface area (Å²) in [5.74, 6) is 1.71. The number of hydrogen-bond acceptors (Lipinski definition) is 3. The van der Waals surface area contributed by atoms with Crippen molar-refractivity contribution in [3.63, 3.8) is 0 Å². The quantitative estimate of drug-likeness (QED) is 0.831. The number of anilines is 1. The van der Waals surface area contributed by atoms with E-state index in [0.29, 0.717) is 6.61 Å². The van der Waals surface area contributed by atoms with E-state index < -0.39 is 0 Å². The van der Waals surface area contributed by atoms with Gasteiger partial charge in [0.25, 0.3) is 0 Å². The number of rotatable bonds is 5. The largest absolute Gasteiger partial charge is 0.494 e. The van der Waals surface area contributed by atoms with Crippen molar-refractivity contribution < 1.29 is 4.74 Å². The van der Waals surface area contributed by atoms with Crippen molar-refractivity contribution in [1.82, 2.24) is 9.97 Å². The molecule has 0 aliphatic rings. The van der Waals surface area contributed by atoms with Gasteiger partial charge in [-0.15, -0.1) is 0 Å². The second kappa shape index (κ2) is 5.39. The van der Waals surface area contributed by atoms with Crippen LogP contribution < -0.4 is 10.1 Å². The topological polar surface area (TPSA) is 49.9 Å². The second-order valence-electron chi connectivity index (χ2n) is 3.76. The van der Waals surface area contributed by atoms with Crippen LogP contribution >= 0.6 is 0 Å². The summed E-state index contributed by atoms with van der Waals surface area (Å²) >= 11 is 0. The third-order valence-corrected chi connectivity index (χ3v) is 2.49. The average Bonchev–Trinajstić information content (AvgIpc) is 2.80. The molecule has 90 valence electrons. The predicted molar refractivity (Wildman–Crippen MR) is 68.6 cm³/mol. The zero-order chi connectivity index (χ0) is 12.1. The molecule has 0 atom stereocenters. The fourth-order valence-electron chi connectivity index (χ4n) is 1.67. The fraction of sp³-hybridized carbons (Fsp3) is 0.308. The van der Waals surface area contributed by atoms with E-state index in [1.807, 2.05) is 32.3 Å². The molecule has 0 aliphatic carbocycles. The van der Waals surface area contributed by atoms with Gasteiger partial charge in [-0.1, -0.05) is 12.1 Å². The molecule has 0 unspecified atom stereocenters. The Hall–Kier alpha value is -1.97. The van der Waals surface area contributed by atoms with E-state index >= 15 is 0 Å². The molecular weight excluding hydrogens is 214 g/mol. The summed E-state index contributed by atoms with van der Waals surface area (Å²) in [6.07, 6.45) is 2.70. The molecule has 0 saturated carbocycles. The van der Waals surface area contributed by atoms with Crippen LogP contribution in [0.5, 0.6) is 5.75 Å². The molecule has 2 N–H and O–H groups in total. The maximum atomic E-state index is 5.40. The van der Waals surface area contributed by atoms with Crippen LogP contribution in [0.1, 0.15) is 18.2 Å². The summed E-state index contributed by atoms with van der Waals surface area (Å²) < 4.78 is 5.40. The molecule has 4 nitrogen and oxygen atoms in total. The highest BCUT2D eigenvalue weighted by Gasteiger charge is 2.01. The number of ether oxygens (including phenoxy) is 1. The van der Waals surface area contributed by atoms with Crippen molar-refractivity contribution in [3.05, 3.63) is 41.7 Å². The Morgan fingerprint density at radius 2 is 2.06 bits per heavy atom. The van der Waals surface area contributed by atoms with E-state index in [1.54, 1.807) is 0 Å². The maximum Gasteiger partial charge on any atom is 0.200 e. The fourth-order valence-corrected chi connectivity index (χ4v) is 1.67. The van der Waals surface area contributed by atoms with Crippen molar-refractivity contribution in [2.45, 2.75) is 13.3 Å². The maximum absolute atomic E-state index is 5.40. The Morgan fingerprint density at radius 1 is 1.29 bits per heavy atom. The standard InChI is InChI=1S/C13H17N3O/c1-3-17-12-6-4-10(5-7-12)8-11-9-15-13(14-2)16-11/h4-7,9H,3,8H2,1-2H3,(H2,14,15,16). The van der Waals surface area contributed by atoms with E-state index in [4.69, 9.17) is 4.74 Å². The van der Waals surface area contributed by atoms with Crippen LogP contribution in [-0.4, -0.2) is 23.6 Å². The Morgan fingerprint density at radius 3 is 2.65 bits per heavy atom. The minimum atomic E-state index is 0.700. The minimum Gasteiger partial charge on any atom is -0.494 e. The second-order valence-corrected chi connectivity index (χ2v) is 3.76. The lowest BCUT2D eigenvalue weighted by Gasteiger charge is -2.04. The predicted octanol–water partition coefficient (Wildman–Crippen LogP) is 2.44. The lowest BCUT2D eigenvalue weighted by Crippen LogP contribution is -1.93. The third-order valence-electron chi connectivity index (χ3n) is 2.49. The molecular formula is C13H17N3O. The van der Waals surface area contributed by atoms with Crippen LogP contribution in [0.3, 0.4) is 0 Å². The minimum absolute atomic E-state index is 0.700. The van der Waals surface area contributed by atoms with Crippen molar-refractivity contribution in [3.8, 4) is 5.75 Å². The number of aromatic amines is 1. The van der Waals surface area contributed by atoms with Crippen LogP contribution in [0.25, 0.3) is 0 Å². The van der Waals surface area contributed by atoms with Gasteiger partial charge in [0.1, 0.15) is 5.75 Å². The number of nitrogens with one attached hydrogen (secondary N) is 2. The third kappa shape index (κ3) is 3.00. The SMILES string of the molecule is CCOc1ccc(Cc2cnc(NC)[nH]2)cc1. The normalized spacial score (nSPS) is 10.2.